The fourth-order valence-corrected chi connectivity index (χ4v) is 8.05. The van der Waals surface area contributed by atoms with Crippen molar-refractivity contribution in [1.29, 1.82) is 0 Å². The zero-order chi connectivity index (χ0) is 50.3. The number of carbonyl (C=O) groups excluding carboxylic acids is 7. The fourth-order valence-electron chi connectivity index (χ4n) is 8.05. The third kappa shape index (κ3) is 12.2. The molecule has 370 valence electrons. The van der Waals surface area contributed by atoms with E-state index < -0.39 is 152 Å². The Morgan fingerprint density at radius 1 is 0.735 bits per heavy atom. The Morgan fingerprint density at radius 2 is 1.31 bits per heavy atom. The van der Waals surface area contributed by atoms with Crippen molar-refractivity contribution in [3.63, 3.8) is 0 Å². The van der Waals surface area contributed by atoms with Crippen LogP contribution in [0, 0.1) is 17.9 Å². The Morgan fingerprint density at radius 3 is 1.90 bits per heavy atom. The molecule has 2 aromatic carbocycles. The van der Waals surface area contributed by atoms with E-state index in [1.807, 2.05) is 0 Å². The molecule has 24 nitrogen and oxygen atoms in total. The van der Waals surface area contributed by atoms with E-state index >= 15 is 0 Å². The number of aliphatic hydroxyl groups excluding tert-OH is 8. The van der Waals surface area contributed by atoms with Crippen LogP contribution in [0.5, 0.6) is 11.5 Å². The van der Waals surface area contributed by atoms with E-state index in [9.17, 15) is 79.5 Å². The van der Waals surface area contributed by atoms with Crippen molar-refractivity contribution < 1.29 is 84.3 Å². The van der Waals surface area contributed by atoms with Gasteiger partial charge in [0, 0.05) is 44.3 Å². The highest BCUT2D eigenvalue weighted by atomic mass is 16.5. The summed E-state index contributed by atoms with van der Waals surface area (Å²) in [5.74, 6) is -6.75. The van der Waals surface area contributed by atoms with Gasteiger partial charge in [-0.1, -0.05) is 25.0 Å². The third-order valence-corrected chi connectivity index (χ3v) is 11.9. The molecule has 3 saturated heterocycles. The number of nitrogens with one attached hydrogen (secondary N) is 5. The second kappa shape index (κ2) is 22.6. The van der Waals surface area contributed by atoms with Gasteiger partial charge >= 0.3 is 0 Å². The van der Waals surface area contributed by atoms with Gasteiger partial charge in [-0.2, -0.15) is 0 Å². The molecule has 0 aliphatic carbocycles. The van der Waals surface area contributed by atoms with Crippen molar-refractivity contribution >= 4 is 41.4 Å². The van der Waals surface area contributed by atoms with Gasteiger partial charge in [0.2, 0.25) is 35.4 Å². The molecule has 0 saturated carbocycles. The van der Waals surface area contributed by atoms with E-state index in [4.69, 9.17) is 4.74 Å². The Kier molecular flexibility index (Phi) is 17.4. The molecule has 5 rings (SSSR count). The minimum Gasteiger partial charge on any atom is -0.508 e. The first-order valence-electron chi connectivity index (χ1n) is 21.6. The fraction of sp³-hybridized carbons (Fsp3) is 0.523. The Bertz CT molecular complexity index is 2240. The molecule has 0 aromatic heterocycles. The molecule has 3 aliphatic heterocycles. The Balaban J connectivity index is 1.58. The lowest BCUT2D eigenvalue weighted by atomic mass is 9.96. The molecule has 3 heterocycles. The number of phenolic OH excluding ortho intramolecular Hbond substituents is 1. The van der Waals surface area contributed by atoms with Crippen molar-refractivity contribution in [3.8, 4) is 23.5 Å². The number of rotatable bonds is 8. The summed E-state index contributed by atoms with van der Waals surface area (Å²) in [6.45, 7) is 4.19. The number of benzene rings is 2. The van der Waals surface area contributed by atoms with Crippen LogP contribution in [0.1, 0.15) is 62.6 Å². The largest absolute Gasteiger partial charge is 0.508 e. The smallest absolute Gasteiger partial charge is 0.251 e. The molecule has 14 N–H and O–H groups in total. The Labute approximate surface area is 389 Å². The standard InChI is InChI=1S/C44H57N7O17/c1-5-14-68-26-12-8-23(9-13-26)37(60)45-27-16-29(56)40(63)49-42(65)33-34(57)19(2)17-51(33)44(67)31(21(4)53)47-41(64)32(36(59)35(58)22-6-10-24(54)11-7-22)48-39(62)28-15-25(55)18-50(28)43(66)30(20(3)52)46-38(27)61/h6-13,19-21,25,27-36,40,52-59,63H,15-18H2,1-4H3,(H,45,60)(H,46,61)(H,47,64)(H,48,62)(H,49,65)/t19-,20?,21?,25+,27?,28-,29+,30-,31-,32-,33-,34-,35-,36-,40+/m0/s1. The highest BCUT2D eigenvalue weighted by molar-refractivity contribution is 6.00. The molecule has 3 fully saturated rings. The summed E-state index contributed by atoms with van der Waals surface area (Å²) < 4.78 is 5.19. The van der Waals surface area contributed by atoms with Gasteiger partial charge in [-0.15, -0.1) is 0 Å². The molecule has 7 amide bonds. The SMILES string of the molecule is CC#COc1ccc(C(=O)NC2C[C@@H](O)[C@@H](O)NC(=O)[C@@H]3[C@@H](O)[C@@H](C)CN3C(=O)[C@H](C(C)O)NC(=O)[C@H]([C@H](O)[C@@H](O)c3ccc(O)cc3)NC(=O)[C@@H]3C[C@@H](O)CN3C(=O)[C@H](C(C)O)NC2=O)cc1. The number of aliphatic hydroxyl groups is 8. The molecular weight excluding hydrogens is 899 g/mol. The van der Waals surface area contributed by atoms with Gasteiger partial charge in [0.25, 0.3) is 5.91 Å². The highest BCUT2D eigenvalue weighted by Crippen LogP contribution is 2.27. The molecule has 24 heteroatoms. The molecule has 0 radical (unpaired) electrons. The van der Waals surface area contributed by atoms with Crippen LogP contribution in [0.4, 0.5) is 0 Å². The van der Waals surface area contributed by atoms with Crippen LogP contribution in [-0.2, 0) is 28.8 Å². The summed E-state index contributed by atoms with van der Waals surface area (Å²) >= 11 is 0. The van der Waals surface area contributed by atoms with Gasteiger partial charge in [0.05, 0.1) is 24.4 Å². The van der Waals surface area contributed by atoms with Gasteiger partial charge in [-0.3, -0.25) is 33.6 Å². The van der Waals surface area contributed by atoms with E-state index in [1.54, 1.807) is 0 Å². The van der Waals surface area contributed by atoms with Gasteiger partial charge in [0.1, 0.15) is 72.2 Å². The average Bonchev–Trinajstić information content (AvgIpc) is 3.84. The quantitative estimate of drug-likeness (QED) is 0.110. The normalized spacial score (nSPS) is 30.6. The van der Waals surface area contributed by atoms with Crippen molar-refractivity contribution in [1.82, 2.24) is 36.4 Å². The summed E-state index contributed by atoms with van der Waals surface area (Å²) in [5.41, 5.74) is -0.132. The molecule has 0 spiro atoms. The molecule has 3 aliphatic rings. The first kappa shape index (κ1) is 52.5. The van der Waals surface area contributed by atoms with Crippen molar-refractivity contribution in [2.24, 2.45) is 5.92 Å². The first-order chi connectivity index (χ1) is 32.0. The number of nitrogens with zero attached hydrogens (tertiary/aromatic N) is 2. The monoisotopic (exact) mass is 955 g/mol. The van der Waals surface area contributed by atoms with Crippen LogP contribution in [0.2, 0.25) is 0 Å². The first-order valence-corrected chi connectivity index (χ1v) is 21.6. The molecule has 0 bridgehead atoms. The van der Waals surface area contributed by atoms with Gasteiger partial charge in [0.15, 0.2) is 6.23 Å². The number of amides is 7. The second-order valence-corrected chi connectivity index (χ2v) is 17.0. The van der Waals surface area contributed by atoms with E-state index in [-0.39, 0.29) is 29.2 Å². The van der Waals surface area contributed by atoms with Gasteiger partial charge in [-0.05, 0) is 55.8 Å². The number of phenols is 1. The number of carbonyl (C=O) groups is 7. The average molecular weight is 956 g/mol. The van der Waals surface area contributed by atoms with Crippen LogP contribution in [-0.4, -0.2) is 189 Å². The van der Waals surface area contributed by atoms with Crippen LogP contribution < -0.4 is 31.3 Å². The second-order valence-electron chi connectivity index (χ2n) is 17.0. The van der Waals surface area contributed by atoms with Crippen molar-refractivity contribution in [2.75, 3.05) is 13.1 Å². The summed E-state index contributed by atoms with van der Waals surface area (Å²) in [6.07, 6.45) is -14.3. The number of aromatic hydroxyl groups is 1. The van der Waals surface area contributed by atoms with E-state index in [0.717, 1.165) is 35.8 Å². The van der Waals surface area contributed by atoms with Crippen LogP contribution in [0.25, 0.3) is 0 Å². The number of hydrogen-bond donors (Lipinski definition) is 14. The predicted molar refractivity (Wildman–Crippen MR) is 232 cm³/mol. The third-order valence-electron chi connectivity index (χ3n) is 11.9. The molecule has 2 aromatic rings. The zero-order valence-electron chi connectivity index (χ0n) is 37.3. The molecular formula is C44H57N7O17. The maximum absolute atomic E-state index is 14.3. The highest BCUT2D eigenvalue weighted by Gasteiger charge is 2.50. The topological polar surface area (TPSA) is 377 Å². The van der Waals surface area contributed by atoms with Crippen molar-refractivity contribution in [3.05, 3.63) is 59.7 Å². The molecule has 68 heavy (non-hydrogen) atoms. The van der Waals surface area contributed by atoms with Crippen molar-refractivity contribution in [2.45, 2.75) is 126 Å². The summed E-state index contributed by atoms with van der Waals surface area (Å²) in [5, 5.41) is 110. The summed E-state index contributed by atoms with van der Waals surface area (Å²) in [6, 6.07) is -1.59. The molecule has 3 unspecified atom stereocenters. The number of fused-ring (bicyclic) bond motifs is 2. The lowest BCUT2D eigenvalue weighted by Gasteiger charge is -2.34. The minimum atomic E-state index is -2.29. The van der Waals surface area contributed by atoms with E-state index in [2.05, 4.69) is 38.6 Å². The molecule has 15 atom stereocenters. The van der Waals surface area contributed by atoms with Crippen LogP contribution in [0.15, 0.2) is 48.5 Å². The number of ether oxygens (including phenoxy) is 1. The minimum absolute atomic E-state index is 0.0556. The van der Waals surface area contributed by atoms with E-state index in [0.29, 0.717) is 0 Å². The summed E-state index contributed by atoms with van der Waals surface area (Å²) in [4.78, 5) is 100.0. The lowest BCUT2D eigenvalue weighted by molar-refractivity contribution is -0.148. The maximum atomic E-state index is 14.3. The van der Waals surface area contributed by atoms with Gasteiger partial charge in [-0.25, -0.2) is 0 Å². The van der Waals surface area contributed by atoms with Crippen LogP contribution in [0.3, 0.4) is 0 Å². The van der Waals surface area contributed by atoms with Gasteiger partial charge < -0.3 is 87.1 Å². The summed E-state index contributed by atoms with van der Waals surface area (Å²) in [7, 11) is 0. The predicted octanol–water partition coefficient (Wildman–Crippen LogP) is -5.47. The number of hydrogen-bond acceptors (Lipinski definition) is 17. The maximum Gasteiger partial charge on any atom is 0.251 e. The van der Waals surface area contributed by atoms with E-state index in [1.165, 1.54) is 50.2 Å². The van der Waals surface area contributed by atoms with Crippen LogP contribution >= 0.6 is 0 Å². The zero-order valence-corrected chi connectivity index (χ0v) is 37.3. The Hall–Kier alpha value is -6.43. The lowest BCUT2D eigenvalue weighted by Crippen LogP contribution is -2.64.